The summed E-state index contributed by atoms with van der Waals surface area (Å²) in [5.41, 5.74) is 4.54. The average molecular weight is 350 g/mol. The van der Waals surface area contributed by atoms with Crippen LogP contribution in [0, 0.1) is 0 Å². The first kappa shape index (κ1) is 17.1. The highest BCUT2D eigenvalue weighted by atomic mass is 16.5. The normalized spacial score (nSPS) is 18.0. The SMILES string of the molecule is CCC(=O)Nc1ccc(-c2ccc3c(c2)CCC2(CCNCC2)O3)cc1. The molecule has 0 radical (unpaired) electrons. The predicted molar refractivity (Wildman–Crippen MR) is 105 cm³/mol. The van der Waals surface area contributed by atoms with Gasteiger partial charge in [0.2, 0.25) is 5.91 Å². The number of rotatable bonds is 3. The maximum absolute atomic E-state index is 11.5. The summed E-state index contributed by atoms with van der Waals surface area (Å²) in [6, 6.07) is 14.6. The second-order valence-electron chi connectivity index (χ2n) is 7.34. The second-order valence-corrected chi connectivity index (χ2v) is 7.34. The van der Waals surface area contributed by atoms with E-state index in [1.807, 2.05) is 19.1 Å². The number of ether oxygens (including phenoxy) is 1. The lowest BCUT2D eigenvalue weighted by molar-refractivity contribution is -0.115. The molecule has 2 aromatic carbocycles. The minimum absolute atomic E-state index is 0.0375. The van der Waals surface area contributed by atoms with Crippen LogP contribution in [0.15, 0.2) is 42.5 Å². The van der Waals surface area contributed by atoms with Gasteiger partial charge in [0.15, 0.2) is 0 Å². The largest absolute Gasteiger partial charge is 0.487 e. The molecular formula is C22H26N2O2. The zero-order valence-corrected chi connectivity index (χ0v) is 15.3. The van der Waals surface area contributed by atoms with E-state index < -0.39 is 0 Å². The number of carbonyl (C=O) groups is 1. The van der Waals surface area contributed by atoms with Crippen molar-refractivity contribution in [2.24, 2.45) is 0 Å². The summed E-state index contributed by atoms with van der Waals surface area (Å²) in [6.45, 7) is 3.95. The number of fused-ring (bicyclic) bond motifs is 1. The maximum atomic E-state index is 11.5. The average Bonchev–Trinajstić information content (AvgIpc) is 2.69. The molecule has 2 aliphatic rings. The molecule has 0 atom stereocenters. The van der Waals surface area contributed by atoms with Crippen LogP contribution in [0.1, 0.15) is 38.2 Å². The minimum Gasteiger partial charge on any atom is -0.487 e. The van der Waals surface area contributed by atoms with E-state index >= 15 is 0 Å². The number of hydrogen-bond acceptors (Lipinski definition) is 3. The Balaban J connectivity index is 1.52. The van der Waals surface area contributed by atoms with Crippen molar-refractivity contribution in [1.82, 2.24) is 5.32 Å². The van der Waals surface area contributed by atoms with Crippen molar-refractivity contribution in [2.75, 3.05) is 18.4 Å². The van der Waals surface area contributed by atoms with Crippen LogP contribution in [0.25, 0.3) is 11.1 Å². The molecule has 0 unspecified atom stereocenters. The Morgan fingerprint density at radius 2 is 1.81 bits per heavy atom. The number of nitrogens with one attached hydrogen (secondary N) is 2. The van der Waals surface area contributed by atoms with Crippen molar-refractivity contribution in [3.8, 4) is 16.9 Å². The van der Waals surface area contributed by atoms with Crippen LogP contribution in [0.3, 0.4) is 0 Å². The van der Waals surface area contributed by atoms with Crippen LogP contribution in [-0.2, 0) is 11.2 Å². The highest BCUT2D eigenvalue weighted by molar-refractivity contribution is 5.90. The van der Waals surface area contributed by atoms with Crippen molar-refractivity contribution in [1.29, 1.82) is 0 Å². The molecule has 0 saturated carbocycles. The van der Waals surface area contributed by atoms with Crippen LogP contribution in [0.4, 0.5) is 5.69 Å². The first-order valence-electron chi connectivity index (χ1n) is 9.60. The Hall–Kier alpha value is -2.33. The first-order chi connectivity index (χ1) is 12.7. The van der Waals surface area contributed by atoms with Crippen molar-refractivity contribution < 1.29 is 9.53 Å². The van der Waals surface area contributed by atoms with Gasteiger partial charge < -0.3 is 15.4 Å². The summed E-state index contributed by atoms with van der Waals surface area (Å²) in [5.74, 6) is 1.09. The molecule has 26 heavy (non-hydrogen) atoms. The fraction of sp³-hybridized carbons (Fsp3) is 0.409. The molecule has 4 rings (SSSR count). The lowest BCUT2D eigenvalue weighted by Gasteiger charge is -2.41. The molecule has 0 aliphatic carbocycles. The lowest BCUT2D eigenvalue weighted by atomic mass is 9.83. The number of benzene rings is 2. The van der Waals surface area contributed by atoms with Gasteiger partial charge in [-0.1, -0.05) is 25.1 Å². The van der Waals surface area contributed by atoms with Gasteiger partial charge in [-0.3, -0.25) is 4.79 Å². The van der Waals surface area contributed by atoms with E-state index in [1.54, 1.807) is 0 Å². The molecule has 1 saturated heterocycles. The molecule has 1 amide bonds. The van der Waals surface area contributed by atoms with Crippen molar-refractivity contribution in [3.63, 3.8) is 0 Å². The first-order valence-corrected chi connectivity index (χ1v) is 9.60. The topological polar surface area (TPSA) is 50.4 Å². The van der Waals surface area contributed by atoms with E-state index in [4.69, 9.17) is 4.74 Å². The Bertz CT molecular complexity index is 792. The summed E-state index contributed by atoms with van der Waals surface area (Å²) >= 11 is 0. The third-order valence-corrected chi connectivity index (χ3v) is 5.57. The van der Waals surface area contributed by atoms with Crippen LogP contribution in [0.2, 0.25) is 0 Å². The molecule has 2 aromatic rings. The highest BCUT2D eigenvalue weighted by Crippen LogP contribution is 2.39. The van der Waals surface area contributed by atoms with Crippen LogP contribution >= 0.6 is 0 Å². The van der Waals surface area contributed by atoms with E-state index in [-0.39, 0.29) is 11.5 Å². The molecule has 1 fully saturated rings. The van der Waals surface area contributed by atoms with Gasteiger partial charge in [-0.25, -0.2) is 0 Å². The molecule has 2 N–H and O–H groups in total. The molecule has 4 heteroatoms. The standard InChI is InChI=1S/C22H26N2O2/c1-2-21(25)24-19-6-3-16(4-7-19)17-5-8-20-18(15-17)9-10-22(26-20)11-13-23-14-12-22/h3-8,15,23H,2,9-14H2,1H3,(H,24,25). The molecule has 1 spiro atoms. The monoisotopic (exact) mass is 350 g/mol. The van der Waals surface area contributed by atoms with E-state index in [0.29, 0.717) is 6.42 Å². The molecule has 0 aromatic heterocycles. The summed E-state index contributed by atoms with van der Waals surface area (Å²) in [7, 11) is 0. The number of aryl methyl sites for hydroxylation is 1. The molecular weight excluding hydrogens is 324 g/mol. The third kappa shape index (κ3) is 3.47. The fourth-order valence-electron chi connectivity index (χ4n) is 3.93. The summed E-state index contributed by atoms with van der Waals surface area (Å²) in [4.78, 5) is 11.5. The predicted octanol–water partition coefficient (Wildman–Crippen LogP) is 4.15. The number of amides is 1. The van der Waals surface area contributed by atoms with Crippen LogP contribution < -0.4 is 15.4 Å². The fourth-order valence-corrected chi connectivity index (χ4v) is 3.93. The Labute approximate surface area is 155 Å². The lowest BCUT2D eigenvalue weighted by Crippen LogP contribution is -2.48. The number of hydrogen-bond donors (Lipinski definition) is 2. The Kier molecular flexibility index (Phi) is 4.68. The number of anilines is 1. The zero-order chi connectivity index (χ0) is 18.0. The van der Waals surface area contributed by atoms with Gasteiger partial charge in [-0.2, -0.15) is 0 Å². The summed E-state index contributed by atoms with van der Waals surface area (Å²) < 4.78 is 6.44. The second kappa shape index (κ2) is 7.12. The Morgan fingerprint density at radius 3 is 2.54 bits per heavy atom. The van der Waals surface area contributed by atoms with E-state index in [0.717, 1.165) is 55.8 Å². The van der Waals surface area contributed by atoms with Gasteiger partial charge in [0.1, 0.15) is 11.4 Å². The molecule has 136 valence electrons. The van der Waals surface area contributed by atoms with Crippen LogP contribution in [-0.4, -0.2) is 24.6 Å². The van der Waals surface area contributed by atoms with E-state index in [2.05, 4.69) is 41.0 Å². The van der Waals surface area contributed by atoms with Gasteiger partial charge in [0.05, 0.1) is 0 Å². The molecule has 4 nitrogen and oxygen atoms in total. The molecule has 2 aliphatic heterocycles. The maximum Gasteiger partial charge on any atom is 0.224 e. The quantitative estimate of drug-likeness (QED) is 0.874. The highest BCUT2D eigenvalue weighted by Gasteiger charge is 2.37. The van der Waals surface area contributed by atoms with Crippen molar-refractivity contribution in [3.05, 3.63) is 48.0 Å². The van der Waals surface area contributed by atoms with Gasteiger partial charge >= 0.3 is 0 Å². The Morgan fingerprint density at radius 1 is 1.08 bits per heavy atom. The number of piperidine rings is 1. The zero-order valence-electron chi connectivity index (χ0n) is 15.3. The smallest absolute Gasteiger partial charge is 0.224 e. The van der Waals surface area contributed by atoms with E-state index in [9.17, 15) is 4.79 Å². The van der Waals surface area contributed by atoms with Gasteiger partial charge in [-0.05, 0) is 79.7 Å². The van der Waals surface area contributed by atoms with E-state index in [1.165, 1.54) is 11.1 Å². The summed E-state index contributed by atoms with van der Waals surface area (Å²) in [6.07, 6.45) is 4.86. The number of carbonyl (C=O) groups excluding carboxylic acids is 1. The van der Waals surface area contributed by atoms with Gasteiger partial charge in [0, 0.05) is 12.1 Å². The van der Waals surface area contributed by atoms with Crippen molar-refractivity contribution >= 4 is 11.6 Å². The van der Waals surface area contributed by atoms with Gasteiger partial charge in [0.25, 0.3) is 0 Å². The molecule has 2 heterocycles. The van der Waals surface area contributed by atoms with Crippen molar-refractivity contribution in [2.45, 2.75) is 44.6 Å². The van der Waals surface area contributed by atoms with Gasteiger partial charge in [-0.15, -0.1) is 0 Å². The van der Waals surface area contributed by atoms with Crippen LogP contribution in [0.5, 0.6) is 5.75 Å². The minimum atomic E-state index is 0.0375. The third-order valence-electron chi connectivity index (χ3n) is 5.57. The molecule has 0 bridgehead atoms. The summed E-state index contributed by atoms with van der Waals surface area (Å²) in [5, 5.41) is 6.31.